The molecule has 23 heavy (non-hydrogen) atoms. The molecule has 5 heteroatoms. The molecule has 0 saturated heterocycles. The number of nitrogens with zero attached hydrogens (tertiary/aromatic N) is 1. The normalized spacial score (nSPS) is 11.1. The van der Waals surface area contributed by atoms with Crippen LogP contribution in [0.3, 0.4) is 0 Å². The van der Waals surface area contributed by atoms with E-state index in [-0.39, 0.29) is 28.2 Å². The van der Waals surface area contributed by atoms with Gasteiger partial charge in [-0.1, -0.05) is 30.3 Å². The number of pyridine rings is 1. The Balaban J connectivity index is 2.09. The predicted octanol–water partition coefficient (Wildman–Crippen LogP) is 3.42. The van der Waals surface area contributed by atoms with E-state index >= 15 is 0 Å². The molecule has 0 unspecified atom stereocenters. The second-order valence-corrected chi connectivity index (χ2v) is 5.20. The van der Waals surface area contributed by atoms with Crippen LogP contribution in [-0.2, 0) is 0 Å². The molecular weight excluding hydrogens is 294 g/mol. The topological polar surface area (TPSA) is 83.6 Å². The maximum absolute atomic E-state index is 12.9. The standard InChI is InChI=1S/C18H11NO4/c20-14-7-13(19-8-15(14)21)12-9-23-16-6-5-10-3-1-2-4-11(10)17(16)18(12)22/h1-9,21H,(H,19,20). The van der Waals surface area contributed by atoms with Gasteiger partial charge in [-0.2, -0.15) is 0 Å². The number of aromatic hydroxyl groups is 2. The molecule has 2 heterocycles. The maximum atomic E-state index is 12.9. The minimum absolute atomic E-state index is 0.226. The van der Waals surface area contributed by atoms with Crippen molar-refractivity contribution < 1.29 is 14.6 Å². The van der Waals surface area contributed by atoms with Gasteiger partial charge in [0.2, 0.25) is 5.43 Å². The first-order valence-corrected chi connectivity index (χ1v) is 6.97. The summed E-state index contributed by atoms with van der Waals surface area (Å²) in [4.78, 5) is 16.9. The summed E-state index contributed by atoms with van der Waals surface area (Å²) in [6.45, 7) is 0. The van der Waals surface area contributed by atoms with Crippen molar-refractivity contribution in [2.45, 2.75) is 0 Å². The Morgan fingerprint density at radius 3 is 2.65 bits per heavy atom. The Bertz CT molecular complexity index is 1110. The molecule has 2 N–H and O–H groups in total. The molecule has 112 valence electrons. The van der Waals surface area contributed by atoms with Crippen LogP contribution in [0.15, 0.2) is 64.1 Å². The van der Waals surface area contributed by atoms with Crippen LogP contribution in [-0.4, -0.2) is 15.2 Å². The van der Waals surface area contributed by atoms with Crippen molar-refractivity contribution in [1.29, 1.82) is 0 Å². The third-order valence-corrected chi connectivity index (χ3v) is 3.80. The molecule has 2 aromatic carbocycles. The Morgan fingerprint density at radius 1 is 1.00 bits per heavy atom. The molecule has 4 rings (SSSR count). The third-order valence-electron chi connectivity index (χ3n) is 3.80. The molecule has 0 atom stereocenters. The minimum Gasteiger partial charge on any atom is -0.504 e. The van der Waals surface area contributed by atoms with E-state index in [2.05, 4.69) is 4.98 Å². The SMILES string of the molecule is O=c1c(-c2cc(O)c(O)cn2)coc2ccc3ccccc3c12. The number of rotatable bonds is 1. The van der Waals surface area contributed by atoms with Crippen LogP contribution < -0.4 is 5.43 Å². The molecule has 0 spiro atoms. The number of hydrogen-bond acceptors (Lipinski definition) is 5. The summed E-state index contributed by atoms with van der Waals surface area (Å²) in [5, 5.41) is 21.2. The molecule has 0 bridgehead atoms. The molecule has 0 aliphatic carbocycles. The lowest BCUT2D eigenvalue weighted by atomic mass is 10.0. The number of hydrogen-bond donors (Lipinski definition) is 2. The zero-order valence-electron chi connectivity index (χ0n) is 11.9. The zero-order chi connectivity index (χ0) is 16.0. The van der Waals surface area contributed by atoms with Crippen LogP contribution in [0.4, 0.5) is 0 Å². The highest BCUT2D eigenvalue weighted by Crippen LogP contribution is 2.29. The minimum atomic E-state index is -0.343. The number of benzene rings is 2. The lowest BCUT2D eigenvalue weighted by Crippen LogP contribution is -2.06. The van der Waals surface area contributed by atoms with E-state index in [1.807, 2.05) is 30.3 Å². The average Bonchev–Trinajstić information content (AvgIpc) is 2.57. The molecular formula is C18H11NO4. The maximum Gasteiger partial charge on any atom is 0.202 e. The Hall–Kier alpha value is -3.34. The van der Waals surface area contributed by atoms with Crippen molar-refractivity contribution >= 4 is 21.7 Å². The first-order valence-electron chi connectivity index (χ1n) is 6.97. The van der Waals surface area contributed by atoms with E-state index in [1.165, 1.54) is 12.3 Å². The van der Waals surface area contributed by atoms with E-state index in [9.17, 15) is 15.0 Å². The van der Waals surface area contributed by atoms with Gasteiger partial charge in [0.25, 0.3) is 0 Å². The summed E-state index contributed by atoms with van der Waals surface area (Å²) < 4.78 is 5.57. The molecule has 0 fully saturated rings. The number of fused-ring (bicyclic) bond motifs is 3. The summed E-state index contributed by atoms with van der Waals surface area (Å²) >= 11 is 0. The number of aromatic nitrogens is 1. The van der Waals surface area contributed by atoms with Crippen LogP contribution >= 0.6 is 0 Å². The Labute approximate surface area is 130 Å². The molecule has 0 saturated carbocycles. The Morgan fingerprint density at radius 2 is 1.83 bits per heavy atom. The van der Waals surface area contributed by atoms with Crippen molar-refractivity contribution in [2.24, 2.45) is 0 Å². The molecule has 0 aliphatic rings. The van der Waals surface area contributed by atoms with Crippen molar-refractivity contribution in [1.82, 2.24) is 4.98 Å². The Kier molecular flexibility index (Phi) is 2.81. The molecule has 0 radical (unpaired) electrons. The van der Waals surface area contributed by atoms with Gasteiger partial charge in [0.05, 0.1) is 22.8 Å². The summed E-state index contributed by atoms with van der Waals surface area (Å²) in [5.74, 6) is -0.684. The van der Waals surface area contributed by atoms with E-state index in [0.29, 0.717) is 11.0 Å². The highest BCUT2D eigenvalue weighted by atomic mass is 16.3. The van der Waals surface area contributed by atoms with Crippen LogP contribution in [0.25, 0.3) is 33.0 Å². The quantitative estimate of drug-likeness (QED) is 0.526. The molecule has 0 aliphatic heterocycles. The van der Waals surface area contributed by atoms with Gasteiger partial charge in [-0.25, -0.2) is 0 Å². The lowest BCUT2D eigenvalue weighted by Gasteiger charge is -2.06. The summed E-state index contributed by atoms with van der Waals surface area (Å²) in [5.41, 5.74) is 0.717. The van der Waals surface area contributed by atoms with Crippen LogP contribution in [0.2, 0.25) is 0 Å². The van der Waals surface area contributed by atoms with Gasteiger partial charge in [0.15, 0.2) is 11.5 Å². The van der Waals surface area contributed by atoms with Crippen LogP contribution in [0, 0.1) is 0 Å². The lowest BCUT2D eigenvalue weighted by molar-refractivity contribution is 0.402. The average molecular weight is 305 g/mol. The van der Waals surface area contributed by atoms with Crippen LogP contribution in [0.5, 0.6) is 11.5 Å². The highest BCUT2D eigenvalue weighted by Gasteiger charge is 2.14. The fourth-order valence-electron chi connectivity index (χ4n) is 2.66. The first-order chi connectivity index (χ1) is 11.1. The molecule has 0 amide bonds. The van der Waals surface area contributed by atoms with E-state index in [4.69, 9.17) is 4.42 Å². The third kappa shape index (κ3) is 2.02. The van der Waals surface area contributed by atoms with Crippen molar-refractivity contribution in [2.75, 3.05) is 0 Å². The van der Waals surface area contributed by atoms with Gasteiger partial charge in [0, 0.05) is 6.07 Å². The predicted molar refractivity (Wildman–Crippen MR) is 86.6 cm³/mol. The molecule has 2 aromatic heterocycles. The van der Waals surface area contributed by atoms with Gasteiger partial charge in [-0.05, 0) is 16.8 Å². The summed E-state index contributed by atoms with van der Waals surface area (Å²) in [7, 11) is 0. The van der Waals surface area contributed by atoms with Crippen molar-refractivity contribution in [3.63, 3.8) is 0 Å². The van der Waals surface area contributed by atoms with Gasteiger partial charge < -0.3 is 14.6 Å². The fourth-order valence-corrected chi connectivity index (χ4v) is 2.66. The monoisotopic (exact) mass is 305 g/mol. The van der Waals surface area contributed by atoms with Gasteiger partial charge in [-0.15, -0.1) is 0 Å². The van der Waals surface area contributed by atoms with Gasteiger partial charge >= 0.3 is 0 Å². The molecule has 5 nitrogen and oxygen atoms in total. The van der Waals surface area contributed by atoms with E-state index in [0.717, 1.165) is 17.0 Å². The smallest absolute Gasteiger partial charge is 0.202 e. The van der Waals surface area contributed by atoms with E-state index in [1.54, 1.807) is 6.07 Å². The van der Waals surface area contributed by atoms with E-state index < -0.39 is 0 Å². The van der Waals surface area contributed by atoms with Crippen molar-refractivity contribution in [3.8, 4) is 22.8 Å². The second kappa shape index (κ2) is 4.84. The largest absolute Gasteiger partial charge is 0.504 e. The highest BCUT2D eigenvalue weighted by molar-refractivity contribution is 6.06. The van der Waals surface area contributed by atoms with Crippen molar-refractivity contribution in [3.05, 3.63) is 65.1 Å². The van der Waals surface area contributed by atoms with Crippen LogP contribution in [0.1, 0.15) is 0 Å². The van der Waals surface area contributed by atoms with Gasteiger partial charge in [0.1, 0.15) is 11.8 Å². The molecule has 4 aromatic rings. The second-order valence-electron chi connectivity index (χ2n) is 5.20. The zero-order valence-corrected chi connectivity index (χ0v) is 11.9. The summed E-state index contributed by atoms with van der Waals surface area (Å²) in [6.07, 6.45) is 2.41. The van der Waals surface area contributed by atoms with Gasteiger partial charge in [-0.3, -0.25) is 9.78 Å². The first kappa shape index (κ1) is 13.3. The fraction of sp³-hybridized carbons (Fsp3) is 0. The summed E-state index contributed by atoms with van der Waals surface area (Å²) in [6, 6.07) is 12.4.